The van der Waals surface area contributed by atoms with Crippen LogP contribution in [0.25, 0.3) is 10.9 Å². The summed E-state index contributed by atoms with van der Waals surface area (Å²) in [6.07, 6.45) is 1.60. The number of H-pyrrole nitrogens is 1. The topological polar surface area (TPSA) is 96.7 Å². The van der Waals surface area contributed by atoms with E-state index in [9.17, 15) is 4.79 Å². The lowest BCUT2D eigenvalue weighted by Crippen LogP contribution is -2.23. The third-order valence-electron chi connectivity index (χ3n) is 3.28. The van der Waals surface area contributed by atoms with Gasteiger partial charge in [-0.2, -0.15) is 5.10 Å². The van der Waals surface area contributed by atoms with Crippen molar-refractivity contribution < 1.29 is 4.79 Å². The highest BCUT2D eigenvalue weighted by Crippen LogP contribution is 2.18. The summed E-state index contributed by atoms with van der Waals surface area (Å²) in [5, 5.41) is 10.2. The SMILES string of the molecule is Cc1cc(C(=O)NCc2cn[nH]c2N)c2ccccc2n1. The second kappa shape index (κ2) is 5.24. The summed E-state index contributed by atoms with van der Waals surface area (Å²) in [4.78, 5) is 16.8. The number of carbonyl (C=O) groups excluding carboxylic acids is 1. The molecular formula is C15H15N5O. The van der Waals surface area contributed by atoms with Crippen molar-refractivity contribution in [3.05, 3.63) is 53.3 Å². The van der Waals surface area contributed by atoms with Crippen LogP contribution in [-0.2, 0) is 6.54 Å². The van der Waals surface area contributed by atoms with Crippen molar-refractivity contribution in [1.82, 2.24) is 20.5 Å². The molecule has 106 valence electrons. The second-order valence-corrected chi connectivity index (χ2v) is 4.82. The van der Waals surface area contributed by atoms with Gasteiger partial charge in [-0.15, -0.1) is 0 Å². The van der Waals surface area contributed by atoms with Crippen LogP contribution < -0.4 is 11.1 Å². The van der Waals surface area contributed by atoms with Crippen LogP contribution in [-0.4, -0.2) is 21.1 Å². The number of nitrogens with one attached hydrogen (secondary N) is 2. The van der Waals surface area contributed by atoms with E-state index in [4.69, 9.17) is 5.73 Å². The maximum atomic E-state index is 12.4. The zero-order valence-corrected chi connectivity index (χ0v) is 11.6. The molecule has 0 radical (unpaired) electrons. The molecule has 0 unspecified atom stereocenters. The zero-order valence-electron chi connectivity index (χ0n) is 11.6. The molecule has 0 spiro atoms. The monoisotopic (exact) mass is 281 g/mol. The fourth-order valence-corrected chi connectivity index (χ4v) is 2.23. The zero-order chi connectivity index (χ0) is 14.8. The van der Waals surface area contributed by atoms with Crippen LogP contribution in [0.5, 0.6) is 0 Å². The van der Waals surface area contributed by atoms with E-state index in [0.29, 0.717) is 17.9 Å². The van der Waals surface area contributed by atoms with E-state index in [1.54, 1.807) is 12.3 Å². The van der Waals surface area contributed by atoms with Gasteiger partial charge in [0.05, 0.1) is 17.3 Å². The molecule has 3 rings (SSSR count). The Balaban J connectivity index is 1.89. The number of aromatic amines is 1. The molecule has 0 fully saturated rings. The average Bonchev–Trinajstić information content (AvgIpc) is 2.89. The number of aromatic nitrogens is 3. The number of benzene rings is 1. The first-order valence-electron chi connectivity index (χ1n) is 6.57. The molecule has 0 aliphatic rings. The molecule has 1 aromatic carbocycles. The molecule has 1 amide bonds. The molecule has 0 saturated heterocycles. The van der Waals surface area contributed by atoms with Gasteiger partial charge in [-0.05, 0) is 19.1 Å². The smallest absolute Gasteiger partial charge is 0.252 e. The predicted octanol–water partition coefficient (Wildman–Crippen LogP) is 1.78. The number of hydrogen-bond donors (Lipinski definition) is 3. The molecule has 6 nitrogen and oxygen atoms in total. The Morgan fingerprint density at radius 1 is 1.38 bits per heavy atom. The molecule has 3 aromatic rings. The average molecular weight is 281 g/mol. The van der Waals surface area contributed by atoms with Gasteiger partial charge >= 0.3 is 0 Å². The van der Waals surface area contributed by atoms with E-state index in [-0.39, 0.29) is 5.91 Å². The fraction of sp³-hybridized carbons (Fsp3) is 0.133. The van der Waals surface area contributed by atoms with Gasteiger partial charge < -0.3 is 11.1 Å². The first-order valence-corrected chi connectivity index (χ1v) is 6.57. The van der Waals surface area contributed by atoms with Gasteiger partial charge in [0.25, 0.3) is 5.91 Å². The van der Waals surface area contributed by atoms with Crippen LogP contribution in [0.4, 0.5) is 5.82 Å². The molecule has 0 aliphatic heterocycles. The van der Waals surface area contributed by atoms with Gasteiger partial charge in [0, 0.05) is 23.2 Å². The van der Waals surface area contributed by atoms with Crippen molar-refractivity contribution in [2.45, 2.75) is 13.5 Å². The van der Waals surface area contributed by atoms with Crippen LogP contribution in [0.3, 0.4) is 0 Å². The van der Waals surface area contributed by atoms with Crippen molar-refractivity contribution in [2.75, 3.05) is 5.73 Å². The normalized spacial score (nSPS) is 10.7. The lowest BCUT2D eigenvalue weighted by atomic mass is 10.1. The van der Waals surface area contributed by atoms with E-state index >= 15 is 0 Å². The Hall–Kier alpha value is -2.89. The highest BCUT2D eigenvalue weighted by atomic mass is 16.1. The molecule has 0 saturated carbocycles. The fourth-order valence-electron chi connectivity index (χ4n) is 2.23. The van der Waals surface area contributed by atoms with E-state index < -0.39 is 0 Å². The molecule has 2 aromatic heterocycles. The lowest BCUT2D eigenvalue weighted by molar-refractivity contribution is 0.0952. The summed E-state index contributed by atoms with van der Waals surface area (Å²) in [7, 11) is 0. The van der Waals surface area contributed by atoms with E-state index in [1.807, 2.05) is 31.2 Å². The number of aryl methyl sites for hydroxylation is 1. The number of nitrogen functional groups attached to an aromatic ring is 1. The van der Waals surface area contributed by atoms with Gasteiger partial charge in [-0.1, -0.05) is 18.2 Å². The van der Waals surface area contributed by atoms with Crippen LogP contribution in [0.1, 0.15) is 21.6 Å². The Kier molecular flexibility index (Phi) is 3.27. The maximum absolute atomic E-state index is 12.4. The number of nitrogens with zero attached hydrogens (tertiary/aromatic N) is 2. The molecule has 6 heteroatoms. The molecule has 4 N–H and O–H groups in total. The second-order valence-electron chi connectivity index (χ2n) is 4.82. The Morgan fingerprint density at radius 2 is 2.19 bits per heavy atom. The van der Waals surface area contributed by atoms with E-state index in [0.717, 1.165) is 22.2 Å². The van der Waals surface area contributed by atoms with Crippen molar-refractivity contribution in [3.63, 3.8) is 0 Å². The van der Waals surface area contributed by atoms with Crippen LogP contribution in [0, 0.1) is 6.92 Å². The number of para-hydroxylation sites is 1. The number of fused-ring (bicyclic) bond motifs is 1. The van der Waals surface area contributed by atoms with Crippen molar-refractivity contribution >= 4 is 22.6 Å². The van der Waals surface area contributed by atoms with Gasteiger partial charge in [0.2, 0.25) is 0 Å². The highest BCUT2D eigenvalue weighted by molar-refractivity contribution is 6.06. The van der Waals surface area contributed by atoms with Crippen molar-refractivity contribution in [2.24, 2.45) is 0 Å². The van der Waals surface area contributed by atoms with Crippen LogP contribution in [0.15, 0.2) is 36.5 Å². The van der Waals surface area contributed by atoms with Gasteiger partial charge in [-0.3, -0.25) is 14.9 Å². The number of amides is 1. The number of hydrogen-bond acceptors (Lipinski definition) is 4. The number of rotatable bonds is 3. The molecule has 21 heavy (non-hydrogen) atoms. The minimum atomic E-state index is -0.155. The number of carbonyl (C=O) groups is 1. The Bertz CT molecular complexity index is 809. The predicted molar refractivity (Wildman–Crippen MR) is 80.7 cm³/mol. The molecule has 2 heterocycles. The summed E-state index contributed by atoms with van der Waals surface area (Å²) >= 11 is 0. The largest absolute Gasteiger partial charge is 0.384 e. The van der Waals surface area contributed by atoms with Gasteiger partial charge in [-0.25, -0.2) is 0 Å². The summed E-state index contributed by atoms with van der Waals surface area (Å²) in [5.41, 5.74) is 8.69. The van der Waals surface area contributed by atoms with Gasteiger partial charge in [0.1, 0.15) is 5.82 Å². The third kappa shape index (κ3) is 2.55. The summed E-state index contributed by atoms with van der Waals surface area (Å²) in [5.74, 6) is 0.309. The number of anilines is 1. The number of nitrogens with two attached hydrogens (primary N) is 1. The lowest BCUT2D eigenvalue weighted by Gasteiger charge is -2.08. The minimum absolute atomic E-state index is 0.155. The highest BCUT2D eigenvalue weighted by Gasteiger charge is 2.12. The number of pyridine rings is 1. The molecule has 0 bridgehead atoms. The summed E-state index contributed by atoms with van der Waals surface area (Å²) < 4.78 is 0. The third-order valence-corrected chi connectivity index (χ3v) is 3.28. The first-order chi connectivity index (χ1) is 10.1. The molecule has 0 aliphatic carbocycles. The van der Waals surface area contributed by atoms with E-state index in [2.05, 4.69) is 20.5 Å². The molecule has 0 atom stereocenters. The maximum Gasteiger partial charge on any atom is 0.252 e. The quantitative estimate of drug-likeness (QED) is 0.681. The first kappa shape index (κ1) is 13.1. The van der Waals surface area contributed by atoms with Crippen molar-refractivity contribution in [1.29, 1.82) is 0 Å². The van der Waals surface area contributed by atoms with Crippen molar-refractivity contribution in [3.8, 4) is 0 Å². The Labute approximate surface area is 121 Å². The van der Waals surface area contributed by atoms with Crippen LogP contribution in [0.2, 0.25) is 0 Å². The minimum Gasteiger partial charge on any atom is -0.384 e. The van der Waals surface area contributed by atoms with E-state index in [1.165, 1.54) is 0 Å². The summed E-state index contributed by atoms with van der Waals surface area (Å²) in [6, 6.07) is 9.37. The van der Waals surface area contributed by atoms with Crippen LogP contribution >= 0.6 is 0 Å². The Morgan fingerprint density at radius 3 is 2.95 bits per heavy atom. The standard InChI is InChI=1S/C15H15N5O/c1-9-6-12(11-4-2-3-5-13(11)19-9)15(21)17-7-10-8-18-20-14(10)16/h2-6,8H,7H2,1H3,(H,17,21)(H3,16,18,20). The molecular weight excluding hydrogens is 266 g/mol. The summed E-state index contributed by atoms with van der Waals surface area (Å²) in [6.45, 7) is 2.20. The van der Waals surface area contributed by atoms with Gasteiger partial charge in [0.15, 0.2) is 0 Å².